The molecule has 5 nitrogen and oxygen atoms in total. The van der Waals surface area contributed by atoms with Crippen molar-refractivity contribution in [2.24, 2.45) is 0 Å². The number of hydrogen-bond donors (Lipinski definition) is 0. The van der Waals surface area contributed by atoms with Crippen LogP contribution in [0.4, 0.5) is 0 Å². The summed E-state index contributed by atoms with van der Waals surface area (Å²) in [6, 6.07) is 7.16. The van der Waals surface area contributed by atoms with Gasteiger partial charge in [0.25, 0.3) is 0 Å². The largest absolute Gasteiger partial charge is 0.463 e. The van der Waals surface area contributed by atoms with E-state index in [1.54, 1.807) is 24.3 Å². The molecule has 0 N–H and O–H groups in total. The van der Waals surface area contributed by atoms with Gasteiger partial charge in [-0.1, -0.05) is 30.7 Å². The highest BCUT2D eigenvalue weighted by Crippen LogP contribution is 2.27. The molecule has 0 aliphatic rings. The lowest BCUT2D eigenvalue weighted by Crippen LogP contribution is -2.03. The highest BCUT2D eigenvalue weighted by atomic mass is 35.5. The van der Waals surface area contributed by atoms with Gasteiger partial charge in [0.2, 0.25) is 5.28 Å². The van der Waals surface area contributed by atoms with Crippen LogP contribution in [0.2, 0.25) is 10.3 Å². The molecule has 0 atom stereocenters. The molecule has 0 aliphatic heterocycles. The monoisotopic (exact) mass is 299 g/mol. The Morgan fingerprint density at radius 2 is 1.79 bits per heavy atom. The van der Waals surface area contributed by atoms with Gasteiger partial charge in [0.15, 0.2) is 0 Å². The Labute approximate surface area is 120 Å². The lowest BCUT2D eigenvalue weighted by atomic mass is 10.3. The van der Waals surface area contributed by atoms with E-state index in [2.05, 4.69) is 15.0 Å². The maximum atomic E-state index is 5.98. The predicted molar refractivity (Wildman–Crippen MR) is 72.1 cm³/mol. The summed E-state index contributed by atoms with van der Waals surface area (Å²) >= 11 is 11.8. The standard InChI is InChI=1S/C12H11Cl2N3O2/c1-2-7-18-11-15-10(14)16-12(17-11)19-9-6-4-3-5-8(9)13/h3-6H,2,7H2,1H3. The number of rotatable bonds is 5. The van der Waals surface area contributed by atoms with Gasteiger partial charge in [-0.05, 0) is 30.2 Å². The summed E-state index contributed by atoms with van der Waals surface area (Å²) in [5.74, 6) is 0.438. The number of nitrogens with zero attached hydrogens (tertiary/aromatic N) is 3. The summed E-state index contributed by atoms with van der Waals surface area (Å²) < 4.78 is 10.7. The summed E-state index contributed by atoms with van der Waals surface area (Å²) in [5, 5.41) is 0.457. The second kappa shape index (κ2) is 6.54. The Morgan fingerprint density at radius 1 is 1.05 bits per heavy atom. The molecular formula is C12H11Cl2N3O2. The van der Waals surface area contributed by atoms with E-state index in [-0.39, 0.29) is 17.3 Å². The topological polar surface area (TPSA) is 57.1 Å². The minimum Gasteiger partial charge on any atom is -0.463 e. The minimum absolute atomic E-state index is 0.00292. The summed E-state index contributed by atoms with van der Waals surface area (Å²) in [6.45, 7) is 2.47. The first-order valence-electron chi connectivity index (χ1n) is 5.66. The quantitative estimate of drug-likeness (QED) is 0.841. The average Bonchev–Trinajstić information content (AvgIpc) is 2.38. The van der Waals surface area contributed by atoms with Crippen LogP contribution in [0.15, 0.2) is 24.3 Å². The van der Waals surface area contributed by atoms with Crippen LogP contribution in [0.5, 0.6) is 17.8 Å². The van der Waals surface area contributed by atoms with Gasteiger partial charge in [0.1, 0.15) is 5.75 Å². The third-order valence-corrected chi connectivity index (χ3v) is 2.52. The number of halogens is 2. The van der Waals surface area contributed by atoms with E-state index in [0.717, 1.165) is 6.42 Å². The predicted octanol–water partition coefficient (Wildman–Crippen LogP) is 3.76. The molecule has 2 rings (SSSR count). The second-order valence-electron chi connectivity index (χ2n) is 3.55. The van der Waals surface area contributed by atoms with Gasteiger partial charge in [-0.3, -0.25) is 0 Å². The fourth-order valence-electron chi connectivity index (χ4n) is 1.24. The van der Waals surface area contributed by atoms with E-state index in [9.17, 15) is 0 Å². The third-order valence-electron chi connectivity index (χ3n) is 2.04. The number of hydrogen-bond acceptors (Lipinski definition) is 5. The molecule has 1 aromatic carbocycles. The average molecular weight is 300 g/mol. The fourth-order valence-corrected chi connectivity index (χ4v) is 1.56. The van der Waals surface area contributed by atoms with Crippen LogP contribution in [0.25, 0.3) is 0 Å². The van der Waals surface area contributed by atoms with Crippen molar-refractivity contribution in [1.82, 2.24) is 15.0 Å². The molecule has 1 heterocycles. The Hall–Kier alpha value is -1.59. The van der Waals surface area contributed by atoms with Gasteiger partial charge in [-0.2, -0.15) is 9.97 Å². The van der Waals surface area contributed by atoms with E-state index < -0.39 is 0 Å². The second-order valence-corrected chi connectivity index (χ2v) is 4.30. The molecule has 19 heavy (non-hydrogen) atoms. The summed E-state index contributed by atoms with van der Waals surface area (Å²) in [4.78, 5) is 11.7. The van der Waals surface area contributed by atoms with Crippen LogP contribution >= 0.6 is 23.2 Å². The van der Waals surface area contributed by atoms with E-state index >= 15 is 0 Å². The first kappa shape index (κ1) is 13.8. The van der Waals surface area contributed by atoms with Crippen LogP contribution in [0, 0.1) is 0 Å². The highest BCUT2D eigenvalue weighted by Gasteiger charge is 2.09. The zero-order valence-electron chi connectivity index (χ0n) is 10.1. The van der Waals surface area contributed by atoms with Crippen molar-refractivity contribution in [3.63, 3.8) is 0 Å². The molecule has 0 spiro atoms. The van der Waals surface area contributed by atoms with Crippen LogP contribution < -0.4 is 9.47 Å². The molecule has 0 saturated carbocycles. The van der Waals surface area contributed by atoms with Gasteiger partial charge < -0.3 is 9.47 Å². The molecule has 7 heteroatoms. The lowest BCUT2D eigenvalue weighted by Gasteiger charge is -2.07. The summed E-state index contributed by atoms with van der Waals surface area (Å²) in [5.41, 5.74) is 0. The SMILES string of the molecule is CCCOc1nc(Cl)nc(Oc2ccccc2Cl)n1. The highest BCUT2D eigenvalue weighted by molar-refractivity contribution is 6.32. The third kappa shape index (κ3) is 3.94. The van der Waals surface area contributed by atoms with Crippen molar-refractivity contribution in [2.45, 2.75) is 13.3 Å². The molecule has 0 bridgehead atoms. The first-order valence-corrected chi connectivity index (χ1v) is 6.41. The Balaban J connectivity index is 2.20. The van der Waals surface area contributed by atoms with Crippen LogP contribution in [0.3, 0.4) is 0 Å². The van der Waals surface area contributed by atoms with Gasteiger partial charge in [-0.25, -0.2) is 0 Å². The van der Waals surface area contributed by atoms with E-state index in [4.69, 9.17) is 32.7 Å². The van der Waals surface area contributed by atoms with Crippen LogP contribution in [-0.2, 0) is 0 Å². The summed E-state index contributed by atoms with van der Waals surface area (Å²) in [7, 11) is 0. The smallest absolute Gasteiger partial charge is 0.329 e. The molecular weight excluding hydrogens is 289 g/mol. The molecule has 0 aliphatic carbocycles. The van der Waals surface area contributed by atoms with Gasteiger partial charge >= 0.3 is 12.0 Å². The fraction of sp³-hybridized carbons (Fsp3) is 0.250. The van der Waals surface area contributed by atoms with Gasteiger partial charge in [0.05, 0.1) is 11.6 Å². The van der Waals surface area contributed by atoms with Crippen molar-refractivity contribution < 1.29 is 9.47 Å². The Bertz CT molecular complexity index is 566. The molecule has 1 aromatic heterocycles. The molecule has 2 aromatic rings. The minimum atomic E-state index is 0.00292. The van der Waals surface area contributed by atoms with Crippen molar-refractivity contribution in [2.75, 3.05) is 6.61 Å². The van der Waals surface area contributed by atoms with Crippen molar-refractivity contribution in [3.8, 4) is 17.8 Å². The van der Waals surface area contributed by atoms with E-state index in [1.165, 1.54) is 0 Å². The van der Waals surface area contributed by atoms with Crippen molar-refractivity contribution >= 4 is 23.2 Å². The Morgan fingerprint density at radius 3 is 2.53 bits per heavy atom. The normalized spacial score (nSPS) is 10.3. The molecule has 0 saturated heterocycles. The van der Waals surface area contributed by atoms with Crippen molar-refractivity contribution in [3.05, 3.63) is 34.6 Å². The number of ether oxygens (including phenoxy) is 2. The van der Waals surface area contributed by atoms with E-state index in [1.807, 2.05) is 6.92 Å². The van der Waals surface area contributed by atoms with Crippen LogP contribution in [0.1, 0.15) is 13.3 Å². The maximum Gasteiger partial charge on any atom is 0.329 e. The summed E-state index contributed by atoms with van der Waals surface area (Å²) in [6.07, 6.45) is 0.837. The van der Waals surface area contributed by atoms with E-state index in [0.29, 0.717) is 17.4 Å². The zero-order chi connectivity index (χ0) is 13.7. The molecule has 0 amide bonds. The number of benzene rings is 1. The van der Waals surface area contributed by atoms with Crippen molar-refractivity contribution in [1.29, 1.82) is 0 Å². The number of aromatic nitrogens is 3. The maximum absolute atomic E-state index is 5.98. The molecule has 0 fully saturated rings. The lowest BCUT2D eigenvalue weighted by molar-refractivity contribution is 0.284. The Kier molecular flexibility index (Phi) is 4.76. The van der Waals surface area contributed by atoms with Gasteiger partial charge in [0, 0.05) is 0 Å². The molecule has 0 radical (unpaired) electrons. The zero-order valence-corrected chi connectivity index (χ0v) is 11.6. The number of para-hydroxylation sites is 1. The van der Waals surface area contributed by atoms with Crippen LogP contribution in [-0.4, -0.2) is 21.6 Å². The van der Waals surface area contributed by atoms with Gasteiger partial charge in [-0.15, -0.1) is 4.98 Å². The first-order chi connectivity index (χ1) is 9.19. The molecule has 100 valence electrons. The molecule has 0 unspecified atom stereocenters.